The Morgan fingerprint density at radius 2 is 1.78 bits per heavy atom. The van der Waals surface area contributed by atoms with Crippen molar-refractivity contribution in [1.29, 1.82) is 0 Å². The Balaban J connectivity index is 1.60. The SMILES string of the molecule is COC(=O)C(CNC(=O)c1ccc(-c2cccc(CNC(=O)OC(C)(C)C)c2)s1)Nc1ncccn1. The van der Waals surface area contributed by atoms with Gasteiger partial charge >= 0.3 is 12.1 Å². The number of ether oxygens (including phenoxy) is 2. The Labute approximate surface area is 213 Å². The van der Waals surface area contributed by atoms with Gasteiger partial charge in [0.15, 0.2) is 0 Å². The maximum absolute atomic E-state index is 12.7. The minimum absolute atomic E-state index is 0.0111. The molecule has 0 radical (unpaired) electrons. The van der Waals surface area contributed by atoms with Crippen LogP contribution in [0.25, 0.3) is 10.4 Å². The molecule has 0 aliphatic carbocycles. The number of hydrogen-bond acceptors (Lipinski definition) is 9. The Bertz CT molecular complexity index is 1190. The van der Waals surface area contributed by atoms with Crippen molar-refractivity contribution in [2.45, 2.75) is 39.0 Å². The van der Waals surface area contributed by atoms with Gasteiger partial charge in [-0.2, -0.15) is 0 Å². The van der Waals surface area contributed by atoms with E-state index in [0.29, 0.717) is 11.4 Å². The van der Waals surface area contributed by atoms with Crippen LogP contribution in [-0.2, 0) is 20.8 Å². The molecule has 0 saturated carbocycles. The number of carbonyl (C=O) groups excluding carboxylic acids is 3. The lowest BCUT2D eigenvalue weighted by molar-refractivity contribution is -0.141. The van der Waals surface area contributed by atoms with Gasteiger partial charge in [0.05, 0.1) is 12.0 Å². The predicted molar refractivity (Wildman–Crippen MR) is 137 cm³/mol. The average Bonchev–Trinajstić information content (AvgIpc) is 3.35. The molecule has 2 amide bonds. The standard InChI is InChI=1S/C25H29N5O5S/c1-25(2,3)35-24(33)29-14-16-7-5-8-17(13-16)19-9-10-20(36-19)21(31)28-15-18(22(32)34-4)30-23-26-11-6-12-27-23/h5-13,18H,14-15H2,1-4H3,(H,28,31)(H,29,33)(H,26,27,30). The third kappa shape index (κ3) is 8.05. The zero-order valence-corrected chi connectivity index (χ0v) is 21.3. The van der Waals surface area contributed by atoms with E-state index in [-0.39, 0.29) is 18.4 Å². The van der Waals surface area contributed by atoms with Gasteiger partial charge in [0, 0.05) is 30.4 Å². The van der Waals surface area contributed by atoms with Crippen LogP contribution in [0.1, 0.15) is 36.0 Å². The first-order valence-electron chi connectivity index (χ1n) is 11.2. The number of benzene rings is 1. The van der Waals surface area contributed by atoms with Crippen LogP contribution in [0.2, 0.25) is 0 Å². The third-order valence-corrected chi connectivity index (χ3v) is 5.83. The van der Waals surface area contributed by atoms with Crippen LogP contribution in [0, 0.1) is 0 Å². The van der Waals surface area contributed by atoms with Crippen LogP contribution in [0.5, 0.6) is 0 Å². The topological polar surface area (TPSA) is 132 Å². The van der Waals surface area contributed by atoms with Crippen molar-refractivity contribution in [3.8, 4) is 10.4 Å². The van der Waals surface area contributed by atoms with Crippen LogP contribution in [0.4, 0.5) is 10.7 Å². The molecule has 3 rings (SSSR count). The van der Waals surface area contributed by atoms with Crippen LogP contribution in [-0.4, -0.2) is 53.2 Å². The highest BCUT2D eigenvalue weighted by Gasteiger charge is 2.22. The number of nitrogens with one attached hydrogen (secondary N) is 3. The smallest absolute Gasteiger partial charge is 0.407 e. The van der Waals surface area contributed by atoms with Crippen LogP contribution in [0.15, 0.2) is 54.9 Å². The summed E-state index contributed by atoms with van der Waals surface area (Å²) in [5.41, 5.74) is 1.24. The number of thiophene rings is 1. The van der Waals surface area contributed by atoms with Crippen LogP contribution >= 0.6 is 11.3 Å². The van der Waals surface area contributed by atoms with Crippen LogP contribution < -0.4 is 16.0 Å². The molecule has 3 N–H and O–H groups in total. The number of hydrogen-bond donors (Lipinski definition) is 3. The van der Waals surface area contributed by atoms with E-state index in [2.05, 4.69) is 25.9 Å². The molecule has 2 heterocycles. The lowest BCUT2D eigenvalue weighted by Gasteiger charge is -2.19. The second-order valence-electron chi connectivity index (χ2n) is 8.72. The average molecular weight is 512 g/mol. The Kier molecular flexibility index (Phi) is 8.96. The normalized spacial score (nSPS) is 11.8. The molecule has 0 aliphatic heterocycles. The molecule has 0 spiro atoms. The summed E-state index contributed by atoms with van der Waals surface area (Å²) in [4.78, 5) is 46.2. The van der Waals surface area contributed by atoms with Crippen LogP contribution in [0.3, 0.4) is 0 Å². The lowest BCUT2D eigenvalue weighted by Crippen LogP contribution is -2.42. The van der Waals surface area contributed by atoms with Gasteiger partial charge in [-0.1, -0.05) is 18.2 Å². The first-order valence-corrected chi connectivity index (χ1v) is 12.0. The second-order valence-corrected chi connectivity index (χ2v) is 9.81. The number of aromatic nitrogens is 2. The molecule has 11 heteroatoms. The summed E-state index contributed by atoms with van der Waals surface area (Å²) < 4.78 is 10.1. The highest BCUT2D eigenvalue weighted by molar-refractivity contribution is 7.17. The van der Waals surface area contributed by atoms with Gasteiger partial charge in [0.1, 0.15) is 11.6 Å². The summed E-state index contributed by atoms with van der Waals surface area (Å²) in [6.07, 6.45) is 2.59. The summed E-state index contributed by atoms with van der Waals surface area (Å²) in [6, 6.07) is 12.0. The van der Waals surface area contributed by atoms with E-state index < -0.39 is 23.7 Å². The molecule has 1 aromatic carbocycles. The fraction of sp³-hybridized carbons (Fsp3) is 0.320. The first-order chi connectivity index (χ1) is 17.1. The quantitative estimate of drug-likeness (QED) is 0.371. The molecule has 1 atom stereocenters. The van der Waals surface area contributed by atoms with Crippen molar-refractivity contribution in [2.75, 3.05) is 19.0 Å². The summed E-state index contributed by atoms with van der Waals surface area (Å²) >= 11 is 1.32. The van der Waals surface area contributed by atoms with Crippen molar-refractivity contribution in [2.24, 2.45) is 0 Å². The predicted octanol–water partition coefficient (Wildman–Crippen LogP) is 3.61. The number of rotatable bonds is 9. The lowest BCUT2D eigenvalue weighted by atomic mass is 10.1. The molecule has 36 heavy (non-hydrogen) atoms. The fourth-order valence-electron chi connectivity index (χ4n) is 3.08. The maximum atomic E-state index is 12.7. The zero-order chi connectivity index (χ0) is 26.1. The fourth-order valence-corrected chi connectivity index (χ4v) is 4.00. The highest BCUT2D eigenvalue weighted by atomic mass is 32.1. The number of nitrogens with zero attached hydrogens (tertiary/aromatic N) is 2. The summed E-state index contributed by atoms with van der Waals surface area (Å²) in [7, 11) is 1.27. The minimum Gasteiger partial charge on any atom is -0.467 e. The van der Waals surface area contributed by atoms with E-state index in [1.54, 1.807) is 12.1 Å². The minimum atomic E-state index is -0.852. The van der Waals surface area contributed by atoms with Gasteiger partial charge in [0.2, 0.25) is 5.95 Å². The van der Waals surface area contributed by atoms with Crippen molar-refractivity contribution in [3.05, 3.63) is 65.3 Å². The summed E-state index contributed by atoms with van der Waals surface area (Å²) in [5.74, 6) is -0.619. The maximum Gasteiger partial charge on any atom is 0.407 e. The van der Waals surface area contributed by atoms with Gasteiger partial charge in [-0.3, -0.25) is 4.79 Å². The number of esters is 1. The van der Waals surface area contributed by atoms with E-state index in [1.165, 1.54) is 30.8 Å². The number of alkyl carbamates (subject to hydrolysis) is 1. The van der Waals surface area contributed by atoms with E-state index in [4.69, 9.17) is 9.47 Å². The van der Waals surface area contributed by atoms with Gasteiger partial charge in [-0.15, -0.1) is 11.3 Å². The molecular formula is C25H29N5O5S. The molecule has 0 fully saturated rings. The Hall–Kier alpha value is -3.99. The number of carbonyl (C=O) groups is 3. The molecule has 2 aromatic heterocycles. The van der Waals surface area contributed by atoms with Gasteiger partial charge in [0.25, 0.3) is 5.91 Å². The Morgan fingerprint density at radius 1 is 1.03 bits per heavy atom. The first kappa shape index (κ1) is 26.6. The molecule has 190 valence electrons. The zero-order valence-electron chi connectivity index (χ0n) is 20.5. The largest absolute Gasteiger partial charge is 0.467 e. The second kappa shape index (κ2) is 12.1. The molecule has 3 aromatic rings. The number of anilines is 1. The van der Waals surface area contributed by atoms with E-state index in [0.717, 1.165) is 16.0 Å². The van der Waals surface area contributed by atoms with Crippen molar-refractivity contribution in [3.63, 3.8) is 0 Å². The molecule has 0 bridgehead atoms. The van der Waals surface area contributed by atoms with E-state index >= 15 is 0 Å². The van der Waals surface area contributed by atoms with Crippen molar-refractivity contribution >= 4 is 35.3 Å². The number of amides is 2. The van der Waals surface area contributed by atoms with Gasteiger partial charge in [-0.05, 0) is 56.2 Å². The van der Waals surface area contributed by atoms with Gasteiger partial charge < -0.3 is 25.4 Å². The van der Waals surface area contributed by atoms with E-state index in [9.17, 15) is 14.4 Å². The van der Waals surface area contributed by atoms with Gasteiger partial charge in [-0.25, -0.2) is 19.6 Å². The molecule has 0 aliphatic rings. The van der Waals surface area contributed by atoms with Crippen molar-refractivity contribution < 1.29 is 23.9 Å². The molecule has 10 nitrogen and oxygen atoms in total. The molecule has 0 saturated heterocycles. The number of methoxy groups -OCH3 is 1. The Morgan fingerprint density at radius 3 is 2.47 bits per heavy atom. The highest BCUT2D eigenvalue weighted by Crippen LogP contribution is 2.28. The third-order valence-electron chi connectivity index (χ3n) is 4.70. The van der Waals surface area contributed by atoms with E-state index in [1.807, 2.05) is 51.1 Å². The summed E-state index contributed by atoms with van der Waals surface area (Å²) in [6.45, 7) is 5.72. The summed E-state index contributed by atoms with van der Waals surface area (Å²) in [5, 5.41) is 8.35. The molecular weight excluding hydrogens is 482 g/mol. The monoisotopic (exact) mass is 511 g/mol. The van der Waals surface area contributed by atoms with Crippen molar-refractivity contribution in [1.82, 2.24) is 20.6 Å². The molecule has 1 unspecified atom stereocenters.